The van der Waals surface area contributed by atoms with Gasteiger partial charge in [-0.05, 0) is 10.4 Å². The molecule has 3 rings (SSSR count). The van der Waals surface area contributed by atoms with Gasteiger partial charge in [-0.25, -0.2) is 9.36 Å². The van der Waals surface area contributed by atoms with Crippen molar-refractivity contribution in [3.05, 3.63) is 54.1 Å². The standard InChI is InChI=1S/C12H11N7O/c20-12(10-4-2-1-3-5-10)8-18-6-11(14-16-18)7-19-9-13-15-17-19/h1-6,9H,7-8H2. The van der Waals surface area contributed by atoms with Crippen LogP contribution in [0.2, 0.25) is 0 Å². The van der Waals surface area contributed by atoms with E-state index in [0.29, 0.717) is 17.8 Å². The van der Waals surface area contributed by atoms with Gasteiger partial charge in [0.25, 0.3) is 0 Å². The summed E-state index contributed by atoms with van der Waals surface area (Å²) < 4.78 is 3.04. The minimum atomic E-state index is -0.00975. The summed E-state index contributed by atoms with van der Waals surface area (Å²) in [7, 11) is 0. The molecule has 20 heavy (non-hydrogen) atoms. The van der Waals surface area contributed by atoms with E-state index in [-0.39, 0.29) is 12.3 Å². The van der Waals surface area contributed by atoms with Gasteiger partial charge in [-0.1, -0.05) is 35.5 Å². The number of hydrogen-bond donors (Lipinski definition) is 0. The molecule has 0 aliphatic carbocycles. The predicted molar refractivity (Wildman–Crippen MR) is 67.7 cm³/mol. The number of benzene rings is 1. The number of carbonyl (C=O) groups is 1. The Hall–Kier alpha value is -2.90. The van der Waals surface area contributed by atoms with Gasteiger partial charge in [0.15, 0.2) is 5.78 Å². The largest absolute Gasteiger partial charge is 0.292 e. The Morgan fingerprint density at radius 3 is 2.70 bits per heavy atom. The van der Waals surface area contributed by atoms with Crippen molar-refractivity contribution in [1.29, 1.82) is 0 Å². The molecule has 0 saturated carbocycles. The predicted octanol–water partition coefficient (Wildman–Crippen LogP) is 0.196. The lowest BCUT2D eigenvalue weighted by Gasteiger charge is -1.99. The van der Waals surface area contributed by atoms with Gasteiger partial charge in [0.05, 0.1) is 12.7 Å². The fourth-order valence-corrected chi connectivity index (χ4v) is 1.77. The van der Waals surface area contributed by atoms with Crippen LogP contribution in [0.15, 0.2) is 42.9 Å². The maximum absolute atomic E-state index is 12.0. The van der Waals surface area contributed by atoms with Crippen LogP contribution in [-0.2, 0) is 13.1 Å². The summed E-state index contributed by atoms with van der Waals surface area (Å²) in [5.41, 5.74) is 1.35. The van der Waals surface area contributed by atoms with Crippen LogP contribution >= 0.6 is 0 Å². The molecule has 1 aromatic carbocycles. The van der Waals surface area contributed by atoms with E-state index in [9.17, 15) is 4.79 Å². The molecule has 0 N–H and O–H groups in total. The van der Waals surface area contributed by atoms with Gasteiger partial charge in [0, 0.05) is 5.56 Å². The molecule has 0 aliphatic rings. The Balaban J connectivity index is 1.67. The zero-order valence-electron chi connectivity index (χ0n) is 10.5. The first-order valence-corrected chi connectivity index (χ1v) is 5.99. The zero-order chi connectivity index (χ0) is 13.8. The highest BCUT2D eigenvalue weighted by atomic mass is 16.1. The summed E-state index contributed by atoms with van der Waals surface area (Å²) in [5, 5.41) is 18.7. The third kappa shape index (κ3) is 2.74. The van der Waals surface area contributed by atoms with Gasteiger partial charge < -0.3 is 0 Å². The molecular weight excluding hydrogens is 258 g/mol. The van der Waals surface area contributed by atoms with Crippen LogP contribution in [-0.4, -0.2) is 41.0 Å². The number of carbonyl (C=O) groups excluding carboxylic acids is 1. The molecule has 8 nitrogen and oxygen atoms in total. The molecular formula is C12H11N7O. The number of hydrogen-bond acceptors (Lipinski definition) is 6. The summed E-state index contributed by atoms with van der Waals surface area (Å²) in [6.07, 6.45) is 3.21. The van der Waals surface area contributed by atoms with Crippen LogP contribution < -0.4 is 0 Å². The van der Waals surface area contributed by atoms with E-state index in [4.69, 9.17) is 0 Å². The summed E-state index contributed by atoms with van der Waals surface area (Å²) in [5.74, 6) is -0.00975. The zero-order valence-corrected chi connectivity index (χ0v) is 10.5. The second kappa shape index (κ2) is 5.39. The lowest BCUT2D eigenvalue weighted by atomic mass is 10.1. The number of tetrazole rings is 1. The second-order valence-electron chi connectivity index (χ2n) is 4.20. The van der Waals surface area contributed by atoms with Crippen molar-refractivity contribution in [2.75, 3.05) is 0 Å². The molecule has 0 unspecified atom stereocenters. The molecule has 0 aliphatic heterocycles. The number of nitrogens with zero attached hydrogens (tertiary/aromatic N) is 7. The molecule has 0 radical (unpaired) electrons. The molecule has 0 spiro atoms. The SMILES string of the molecule is O=C(Cn1cc(Cn2cnnn2)nn1)c1ccccc1. The van der Waals surface area contributed by atoms with Crippen molar-refractivity contribution in [2.24, 2.45) is 0 Å². The fourth-order valence-electron chi connectivity index (χ4n) is 1.77. The first kappa shape index (κ1) is 12.2. The molecule has 0 bridgehead atoms. The highest BCUT2D eigenvalue weighted by molar-refractivity contribution is 5.95. The lowest BCUT2D eigenvalue weighted by Crippen LogP contribution is -2.10. The van der Waals surface area contributed by atoms with Crippen LogP contribution in [0, 0.1) is 0 Å². The summed E-state index contributed by atoms with van der Waals surface area (Å²) >= 11 is 0. The Morgan fingerprint density at radius 1 is 1.10 bits per heavy atom. The average molecular weight is 269 g/mol. The van der Waals surface area contributed by atoms with Crippen molar-refractivity contribution < 1.29 is 4.79 Å². The molecule has 2 aromatic heterocycles. The Bertz CT molecular complexity index is 690. The molecule has 8 heteroatoms. The van der Waals surface area contributed by atoms with Gasteiger partial charge in [0.2, 0.25) is 0 Å². The second-order valence-corrected chi connectivity index (χ2v) is 4.20. The van der Waals surface area contributed by atoms with Crippen LogP contribution in [0.3, 0.4) is 0 Å². The highest BCUT2D eigenvalue weighted by Gasteiger charge is 2.08. The Kier molecular flexibility index (Phi) is 3.27. The molecule has 0 fully saturated rings. The van der Waals surface area contributed by atoms with Gasteiger partial charge in [0.1, 0.15) is 18.6 Å². The number of ketones is 1. The molecule has 2 heterocycles. The first-order valence-electron chi connectivity index (χ1n) is 5.99. The highest BCUT2D eigenvalue weighted by Crippen LogP contribution is 2.03. The van der Waals surface area contributed by atoms with Crippen LogP contribution in [0.1, 0.15) is 16.1 Å². The topological polar surface area (TPSA) is 91.4 Å². The maximum atomic E-state index is 12.0. The Labute approximate surface area is 114 Å². The summed E-state index contributed by atoms with van der Waals surface area (Å²) in [6, 6.07) is 9.09. The number of aromatic nitrogens is 7. The van der Waals surface area contributed by atoms with E-state index in [2.05, 4.69) is 25.8 Å². The van der Waals surface area contributed by atoms with Crippen LogP contribution in [0.25, 0.3) is 0 Å². The van der Waals surface area contributed by atoms with Crippen LogP contribution in [0.4, 0.5) is 0 Å². The summed E-state index contributed by atoms with van der Waals surface area (Å²) in [4.78, 5) is 12.0. The normalized spacial score (nSPS) is 10.6. The lowest BCUT2D eigenvalue weighted by molar-refractivity contribution is 0.0967. The minimum Gasteiger partial charge on any atom is -0.292 e. The first-order chi connectivity index (χ1) is 9.81. The van der Waals surface area contributed by atoms with E-state index in [1.165, 1.54) is 15.7 Å². The molecule has 0 amide bonds. The van der Waals surface area contributed by atoms with Crippen LogP contribution in [0.5, 0.6) is 0 Å². The number of rotatable bonds is 5. The van der Waals surface area contributed by atoms with Gasteiger partial charge in [-0.3, -0.25) is 4.79 Å². The van der Waals surface area contributed by atoms with Gasteiger partial charge in [-0.15, -0.1) is 10.2 Å². The van der Waals surface area contributed by atoms with E-state index in [1.54, 1.807) is 18.3 Å². The third-order valence-electron chi connectivity index (χ3n) is 2.70. The maximum Gasteiger partial charge on any atom is 0.184 e. The molecule has 0 saturated heterocycles. The summed E-state index contributed by atoms with van der Waals surface area (Å²) in [6.45, 7) is 0.582. The van der Waals surface area contributed by atoms with E-state index in [1.807, 2.05) is 18.2 Å². The smallest absolute Gasteiger partial charge is 0.184 e. The van der Waals surface area contributed by atoms with Crippen molar-refractivity contribution in [1.82, 2.24) is 35.2 Å². The molecule has 3 aromatic rings. The Morgan fingerprint density at radius 2 is 1.95 bits per heavy atom. The van der Waals surface area contributed by atoms with Crippen molar-refractivity contribution in [3.8, 4) is 0 Å². The number of Topliss-reactive ketones (excluding diaryl/α,β-unsaturated/α-hetero) is 1. The minimum absolute atomic E-state index is 0.00975. The monoisotopic (exact) mass is 269 g/mol. The van der Waals surface area contributed by atoms with E-state index in [0.717, 1.165) is 0 Å². The van der Waals surface area contributed by atoms with Crippen molar-refractivity contribution in [3.63, 3.8) is 0 Å². The van der Waals surface area contributed by atoms with E-state index >= 15 is 0 Å². The quantitative estimate of drug-likeness (QED) is 0.614. The molecule has 0 atom stereocenters. The van der Waals surface area contributed by atoms with Gasteiger partial charge in [-0.2, -0.15) is 0 Å². The van der Waals surface area contributed by atoms with Gasteiger partial charge >= 0.3 is 0 Å². The van der Waals surface area contributed by atoms with E-state index < -0.39 is 0 Å². The fraction of sp³-hybridized carbons (Fsp3) is 0.167. The van der Waals surface area contributed by atoms with Crippen molar-refractivity contribution >= 4 is 5.78 Å². The average Bonchev–Trinajstić information content (AvgIpc) is 3.12. The molecule has 100 valence electrons. The third-order valence-corrected chi connectivity index (χ3v) is 2.70. The van der Waals surface area contributed by atoms with Crippen molar-refractivity contribution in [2.45, 2.75) is 13.1 Å².